The molecular weight excluding hydrogens is 366 g/mol. The van der Waals surface area contributed by atoms with Crippen LogP contribution in [0, 0.1) is 12.8 Å². The average molecular weight is 389 g/mol. The number of esters is 1. The van der Waals surface area contributed by atoms with E-state index in [4.69, 9.17) is 9.26 Å². The van der Waals surface area contributed by atoms with E-state index in [1.807, 2.05) is 13.0 Å². The largest absolute Gasteiger partial charge is 0.452 e. The summed E-state index contributed by atoms with van der Waals surface area (Å²) in [5.74, 6) is 1.06. The number of aromatic nitrogens is 2. The van der Waals surface area contributed by atoms with Gasteiger partial charge in [-0.3, -0.25) is 4.79 Å². The number of rotatable bonds is 6. The maximum absolute atomic E-state index is 12.5. The first-order valence-electron chi connectivity index (χ1n) is 8.98. The highest BCUT2D eigenvalue weighted by Gasteiger charge is 2.23. The number of amides is 1. The van der Waals surface area contributed by atoms with Crippen molar-refractivity contribution < 1.29 is 18.8 Å². The molecule has 3 rings (SSSR count). The van der Waals surface area contributed by atoms with E-state index in [-0.39, 0.29) is 12.5 Å². The highest BCUT2D eigenvalue weighted by Crippen LogP contribution is 2.24. The van der Waals surface area contributed by atoms with Gasteiger partial charge in [0.2, 0.25) is 0 Å². The lowest BCUT2D eigenvalue weighted by Crippen LogP contribution is -2.41. The highest BCUT2D eigenvalue weighted by atomic mass is 32.2. The summed E-state index contributed by atoms with van der Waals surface area (Å²) in [5, 5.41) is 4.48. The Morgan fingerprint density at radius 3 is 3.04 bits per heavy atom. The normalized spacial score (nSPS) is 17.0. The van der Waals surface area contributed by atoms with Gasteiger partial charge in [-0.25, -0.2) is 9.78 Å². The van der Waals surface area contributed by atoms with Crippen LogP contribution < -0.4 is 0 Å². The zero-order valence-corrected chi connectivity index (χ0v) is 16.3. The number of thioether (sulfide) groups is 1. The zero-order chi connectivity index (χ0) is 19.2. The predicted molar refractivity (Wildman–Crippen MR) is 100 cm³/mol. The molecule has 0 radical (unpaired) electrons. The van der Waals surface area contributed by atoms with Gasteiger partial charge < -0.3 is 14.2 Å². The van der Waals surface area contributed by atoms with Crippen molar-refractivity contribution in [2.45, 2.75) is 37.5 Å². The lowest BCUT2D eigenvalue weighted by Gasteiger charge is -2.30. The molecule has 0 unspecified atom stereocenters. The van der Waals surface area contributed by atoms with E-state index in [1.165, 1.54) is 11.8 Å². The number of piperidine rings is 1. The summed E-state index contributed by atoms with van der Waals surface area (Å²) >= 11 is 1.37. The van der Waals surface area contributed by atoms with Crippen LogP contribution in [0.15, 0.2) is 33.9 Å². The van der Waals surface area contributed by atoms with Crippen LogP contribution in [-0.4, -0.2) is 46.6 Å². The summed E-state index contributed by atoms with van der Waals surface area (Å²) in [6.07, 6.45) is 3.74. The lowest BCUT2D eigenvalue weighted by molar-refractivity contribution is -0.136. The van der Waals surface area contributed by atoms with Gasteiger partial charge in [0.05, 0.1) is 11.3 Å². The number of pyridine rings is 1. The highest BCUT2D eigenvalue weighted by molar-refractivity contribution is 7.98. The van der Waals surface area contributed by atoms with Gasteiger partial charge in [-0.15, -0.1) is 0 Å². The first-order chi connectivity index (χ1) is 13.0. The van der Waals surface area contributed by atoms with E-state index < -0.39 is 5.97 Å². The third-order valence-electron chi connectivity index (χ3n) is 4.36. The third-order valence-corrected chi connectivity index (χ3v) is 5.40. The Labute approximate surface area is 162 Å². The molecular formula is C19H23N3O4S. The van der Waals surface area contributed by atoms with Gasteiger partial charge in [0.25, 0.3) is 5.91 Å². The first kappa shape index (κ1) is 19.4. The second-order valence-electron chi connectivity index (χ2n) is 6.74. The minimum absolute atomic E-state index is 0.147. The maximum Gasteiger partial charge on any atom is 0.341 e. The van der Waals surface area contributed by atoms with Crippen LogP contribution in [0.4, 0.5) is 0 Å². The van der Waals surface area contributed by atoms with Gasteiger partial charge in [-0.05, 0) is 37.8 Å². The fourth-order valence-corrected chi connectivity index (χ4v) is 3.86. The van der Waals surface area contributed by atoms with Crippen LogP contribution in [0.25, 0.3) is 0 Å². The number of hydrogen-bond donors (Lipinski definition) is 0. The van der Waals surface area contributed by atoms with E-state index in [1.54, 1.807) is 23.2 Å². The molecule has 0 saturated carbocycles. The smallest absolute Gasteiger partial charge is 0.341 e. The van der Waals surface area contributed by atoms with E-state index >= 15 is 0 Å². The van der Waals surface area contributed by atoms with Gasteiger partial charge in [0, 0.05) is 31.1 Å². The van der Waals surface area contributed by atoms with Crippen molar-refractivity contribution in [1.29, 1.82) is 0 Å². The molecule has 1 saturated heterocycles. The molecule has 144 valence electrons. The maximum atomic E-state index is 12.5. The molecule has 0 bridgehead atoms. The lowest BCUT2D eigenvalue weighted by atomic mass is 10.0. The van der Waals surface area contributed by atoms with Crippen LogP contribution in [0.5, 0.6) is 0 Å². The van der Waals surface area contributed by atoms with Crippen molar-refractivity contribution in [3.05, 3.63) is 41.4 Å². The molecule has 1 amide bonds. The van der Waals surface area contributed by atoms with Crippen LogP contribution in [0.1, 0.15) is 41.6 Å². The van der Waals surface area contributed by atoms with Crippen LogP contribution in [0.3, 0.4) is 0 Å². The van der Waals surface area contributed by atoms with Crippen molar-refractivity contribution >= 4 is 23.6 Å². The summed E-state index contributed by atoms with van der Waals surface area (Å²) in [7, 11) is 0. The molecule has 0 spiro atoms. The molecule has 3 heterocycles. The van der Waals surface area contributed by atoms with Crippen molar-refractivity contribution in [2.24, 2.45) is 5.92 Å². The number of aryl methyl sites for hydroxylation is 1. The predicted octanol–water partition coefficient (Wildman–Crippen LogP) is 3.09. The molecule has 2 aromatic rings. The fourth-order valence-electron chi connectivity index (χ4n) is 3.00. The first-order valence-corrected chi connectivity index (χ1v) is 9.96. The summed E-state index contributed by atoms with van der Waals surface area (Å²) in [6.45, 7) is 5.16. The van der Waals surface area contributed by atoms with Gasteiger partial charge in [-0.1, -0.05) is 23.8 Å². The Hall–Kier alpha value is -2.35. The van der Waals surface area contributed by atoms with Crippen LogP contribution in [0.2, 0.25) is 0 Å². The molecule has 2 aromatic heterocycles. The number of nitrogens with zero attached hydrogens (tertiary/aromatic N) is 3. The molecule has 1 atom stereocenters. The van der Waals surface area contributed by atoms with Crippen molar-refractivity contribution in [2.75, 3.05) is 19.7 Å². The van der Waals surface area contributed by atoms with E-state index in [0.717, 1.165) is 37.4 Å². The summed E-state index contributed by atoms with van der Waals surface area (Å²) in [4.78, 5) is 30.8. The topological polar surface area (TPSA) is 85.5 Å². The number of carbonyl (C=O) groups excluding carboxylic acids is 2. The molecule has 1 aliphatic rings. The van der Waals surface area contributed by atoms with Gasteiger partial charge >= 0.3 is 5.97 Å². The summed E-state index contributed by atoms with van der Waals surface area (Å²) < 4.78 is 10.3. The van der Waals surface area contributed by atoms with Gasteiger partial charge in [0.1, 0.15) is 10.8 Å². The Morgan fingerprint density at radius 1 is 1.44 bits per heavy atom. The minimum atomic E-state index is -0.541. The van der Waals surface area contributed by atoms with Crippen LogP contribution >= 0.6 is 11.8 Å². The molecule has 0 N–H and O–H groups in total. The molecule has 0 aliphatic carbocycles. The minimum Gasteiger partial charge on any atom is -0.452 e. The molecule has 1 fully saturated rings. The fraction of sp³-hybridized carbons (Fsp3) is 0.474. The summed E-state index contributed by atoms with van der Waals surface area (Å²) in [6, 6.07) is 5.17. The van der Waals surface area contributed by atoms with Crippen molar-refractivity contribution in [3.8, 4) is 0 Å². The molecule has 0 aromatic carbocycles. The number of carbonyl (C=O) groups is 2. The van der Waals surface area contributed by atoms with E-state index in [9.17, 15) is 9.59 Å². The number of ether oxygens (including phenoxy) is 1. The van der Waals surface area contributed by atoms with Gasteiger partial charge in [-0.2, -0.15) is 0 Å². The van der Waals surface area contributed by atoms with E-state index in [2.05, 4.69) is 17.1 Å². The molecule has 7 nitrogen and oxygen atoms in total. The average Bonchev–Trinajstić information content (AvgIpc) is 3.09. The molecule has 27 heavy (non-hydrogen) atoms. The Kier molecular flexibility index (Phi) is 6.49. The van der Waals surface area contributed by atoms with E-state index in [0.29, 0.717) is 22.3 Å². The molecule has 8 heteroatoms. The Bertz CT molecular complexity index is 808. The second kappa shape index (κ2) is 9.03. The second-order valence-corrected chi connectivity index (χ2v) is 7.70. The SMILES string of the molecule is Cc1cc(CSc2ncccc2C(=O)OCC(=O)N2CCC[C@@H](C)C2)no1. The monoisotopic (exact) mass is 389 g/mol. The Balaban J connectivity index is 1.57. The Morgan fingerprint density at radius 2 is 2.30 bits per heavy atom. The van der Waals surface area contributed by atoms with Crippen molar-refractivity contribution in [3.63, 3.8) is 0 Å². The quantitative estimate of drug-likeness (QED) is 0.554. The number of hydrogen-bond acceptors (Lipinski definition) is 7. The molecule has 1 aliphatic heterocycles. The zero-order valence-electron chi connectivity index (χ0n) is 15.5. The standard InChI is InChI=1S/C19H23N3O4S/c1-13-5-4-8-22(10-13)17(23)11-25-19(24)16-6-3-7-20-18(16)27-12-15-9-14(2)26-21-15/h3,6-7,9,13H,4-5,8,10-12H2,1-2H3/t13-/m1/s1. The third kappa shape index (κ3) is 5.32. The van der Waals surface area contributed by atoms with Crippen molar-refractivity contribution in [1.82, 2.24) is 15.0 Å². The van der Waals surface area contributed by atoms with Crippen LogP contribution in [-0.2, 0) is 15.3 Å². The summed E-state index contributed by atoms with van der Waals surface area (Å²) in [5.41, 5.74) is 1.12. The number of likely N-dealkylation sites (tertiary alicyclic amines) is 1. The van der Waals surface area contributed by atoms with Gasteiger partial charge in [0.15, 0.2) is 6.61 Å².